The van der Waals surface area contributed by atoms with E-state index in [9.17, 15) is 4.79 Å². The van der Waals surface area contributed by atoms with Crippen molar-refractivity contribution in [2.75, 3.05) is 43.4 Å². The van der Waals surface area contributed by atoms with Crippen LogP contribution in [0.3, 0.4) is 0 Å². The van der Waals surface area contributed by atoms with Crippen LogP contribution in [0, 0.1) is 17.8 Å². The van der Waals surface area contributed by atoms with E-state index in [2.05, 4.69) is 51.3 Å². The smallest absolute Gasteiger partial charge is 0.225 e. The molecule has 2 N–H and O–H groups in total. The molecule has 2 aliphatic rings. The molecule has 172 valence electrons. The number of nitrogens with one attached hydrogen (secondary N) is 2. The lowest BCUT2D eigenvalue weighted by Crippen LogP contribution is -2.36. The van der Waals surface area contributed by atoms with Gasteiger partial charge in [-0.05, 0) is 62.4 Å². The number of benzene rings is 1. The molecule has 2 saturated heterocycles. The van der Waals surface area contributed by atoms with E-state index < -0.39 is 0 Å². The average molecular weight is 437 g/mol. The molecule has 0 saturated carbocycles. The predicted molar refractivity (Wildman–Crippen MR) is 129 cm³/mol. The Morgan fingerprint density at radius 2 is 1.72 bits per heavy atom. The van der Waals surface area contributed by atoms with Gasteiger partial charge in [-0.25, -0.2) is 9.97 Å². The monoisotopic (exact) mass is 436 g/mol. The van der Waals surface area contributed by atoms with Gasteiger partial charge in [-0.2, -0.15) is 0 Å². The first-order chi connectivity index (χ1) is 15.5. The summed E-state index contributed by atoms with van der Waals surface area (Å²) in [5.41, 5.74) is 2.94. The van der Waals surface area contributed by atoms with Gasteiger partial charge in [0.1, 0.15) is 0 Å². The van der Waals surface area contributed by atoms with Gasteiger partial charge in [-0.1, -0.05) is 26.0 Å². The Kier molecular flexibility index (Phi) is 7.25. The minimum atomic E-state index is 0.116. The summed E-state index contributed by atoms with van der Waals surface area (Å²) in [6, 6.07) is 8.12. The van der Waals surface area contributed by atoms with Gasteiger partial charge in [0, 0.05) is 31.9 Å². The van der Waals surface area contributed by atoms with Gasteiger partial charge < -0.3 is 20.4 Å². The highest BCUT2D eigenvalue weighted by Crippen LogP contribution is 2.26. The lowest BCUT2D eigenvalue weighted by molar-refractivity contribution is -0.124. The highest BCUT2D eigenvalue weighted by molar-refractivity contribution is 5.79. The lowest BCUT2D eigenvalue weighted by atomic mass is 9.87. The molecule has 0 radical (unpaired) electrons. The number of rotatable bonds is 7. The van der Waals surface area contributed by atoms with Crippen LogP contribution in [0.4, 0.5) is 17.3 Å². The van der Waals surface area contributed by atoms with Crippen molar-refractivity contribution in [2.45, 2.75) is 39.7 Å². The van der Waals surface area contributed by atoms with Crippen molar-refractivity contribution in [3.63, 3.8) is 0 Å². The van der Waals surface area contributed by atoms with Crippen molar-refractivity contribution in [3.8, 4) is 0 Å². The highest BCUT2D eigenvalue weighted by atomic mass is 16.1. The van der Waals surface area contributed by atoms with Crippen molar-refractivity contribution in [3.05, 3.63) is 42.2 Å². The van der Waals surface area contributed by atoms with Crippen LogP contribution < -0.4 is 15.5 Å². The maximum Gasteiger partial charge on any atom is 0.225 e. The SMILES string of the molecule is CC(C)C1CCN(c2ncc(Nc3ccc(CNC(=O)C4CCN(C)C4)cc3)cn2)CC1. The third-order valence-electron chi connectivity index (χ3n) is 6.87. The fraction of sp³-hybridized carbons (Fsp3) is 0.560. The third kappa shape index (κ3) is 5.76. The van der Waals surface area contributed by atoms with Crippen LogP contribution in [0.25, 0.3) is 0 Å². The quantitative estimate of drug-likeness (QED) is 0.690. The van der Waals surface area contributed by atoms with E-state index in [0.29, 0.717) is 6.54 Å². The van der Waals surface area contributed by atoms with Gasteiger partial charge in [0.25, 0.3) is 0 Å². The van der Waals surface area contributed by atoms with Crippen LogP contribution in [0.2, 0.25) is 0 Å². The number of piperidine rings is 1. The zero-order chi connectivity index (χ0) is 22.5. The van der Waals surface area contributed by atoms with E-state index in [-0.39, 0.29) is 11.8 Å². The molecule has 4 rings (SSSR count). The molecule has 2 aliphatic heterocycles. The van der Waals surface area contributed by atoms with E-state index in [1.165, 1.54) is 12.8 Å². The summed E-state index contributed by atoms with van der Waals surface area (Å²) in [5, 5.41) is 6.43. The summed E-state index contributed by atoms with van der Waals surface area (Å²) in [6.07, 6.45) is 7.08. The Balaban J connectivity index is 1.25. The first-order valence-corrected chi connectivity index (χ1v) is 11.9. The Labute approximate surface area is 191 Å². The van der Waals surface area contributed by atoms with Gasteiger partial charge in [0.2, 0.25) is 11.9 Å². The summed E-state index contributed by atoms with van der Waals surface area (Å²) in [7, 11) is 2.06. The molecule has 2 fully saturated rings. The Morgan fingerprint density at radius 1 is 1.03 bits per heavy atom. The molecule has 7 nitrogen and oxygen atoms in total. The number of carbonyl (C=O) groups excluding carboxylic acids is 1. The maximum absolute atomic E-state index is 12.3. The van der Waals surface area contributed by atoms with Gasteiger partial charge in [-0.15, -0.1) is 0 Å². The topological polar surface area (TPSA) is 73.4 Å². The highest BCUT2D eigenvalue weighted by Gasteiger charge is 2.25. The predicted octanol–water partition coefficient (Wildman–Crippen LogP) is 3.66. The first kappa shape index (κ1) is 22.5. The molecular weight excluding hydrogens is 400 g/mol. The van der Waals surface area contributed by atoms with Crippen molar-refractivity contribution < 1.29 is 4.79 Å². The number of nitrogens with zero attached hydrogens (tertiary/aromatic N) is 4. The largest absolute Gasteiger partial charge is 0.353 e. The molecule has 1 unspecified atom stereocenters. The number of hydrogen-bond acceptors (Lipinski definition) is 6. The Morgan fingerprint density at radius 3 is 2.31 bits per heavy atom. The molecule has 0 spiro atoms. The van der Waals surface area contributed by atoms with Crippen LogP contribution in [-0.4, -0.2) is 54.0 Å². The number of anilines is 3. The molecule has 1 aromatic carbocycles. The molecule has 0 aliphatic carbocycles. The van der Waals surface area contributed by atoms with Gasteiger partial charge in [0.15, 0.2) is 0 Å². The van der Waals surface area contributed by atoms with E-state index in [1.807, 2.05) is 36.7 Å². The van der Waals surface area contributed by atoms with Crippen molar-refractivity contribution >= 4 is 23.2 Å². The fourth-order valence-corrected chi connectivity index (χ4v) is 4.67. The summed E-state index contributed by atoms with van der Waals surface area (Å²) in [6.45, 7) is 9.11. The molecule has 3 heterocycles. The molecule has 2 aromatic rings. The van der Waals surface area contributed by atoms with Crippen molar-refractivity contribution in [1.29, 1.82) is 0 Å². The zero-order valence-electron chi connectivity index (χ0n) is 19.6. The van der Waals surface area contributed by atoms with Gasteiger partial charge >= 0.3 is 0 Å². The number of carbonyl (C=O) groups is 1. The molecule has 1 aromatic heterocycles. The van der Waals surface area contributed by atoms with Gasteiger partial charge in [-0.3, -0.25) is 4.79 Å². The van der Waals surface area contributed by atoms with Crippen LogP contribution in [-0.2, 0) is 11.3 Å². The van der Waals surface area contributed by atoms with E-state index >= 15 is 0 Å². The second kappa shape index (κ2) is 10.3. The summed E-state index contributed by atoms with van der Waals surface area (Å²) >= 11 is 0. The summed E-state index contributed by atoms with van der Waals surface area (Å²) < 4.78 is 0. The number of amides is 1. The number of aromatic nitrogens is 2. The third-order valence-corrected chi connectivity index (χ3v) is 6.87. The zero-order valence-corrected chi connectivity index (χ0v) is 19.6. The average Bonchev–Trinajstić information content (AvgIpc) is 3.25. The Hall–Kier alpha value is -2.67. The number of likely N-dealkylation sites (tertiary alicyclic amines) is 1. The van der Waals surface area contributed by atoms with Crippen LogP contribution in [0.1, 0.15) is 38.7 Å². The second-order valence-electron chi connectivity index (χ2n) is 9.63. The second-order valence-corrected chi connectivity index (χ2v) is 9.63. The van der Waals surface area contributed by atoms with Crippen molar-refractivity contribution in [2.24, 2.45) is 17.8 Å². The van der Waals surface area contributed by atoms with Gasteiger partial charge in [0.05, 0.1) is 24.0 Å². The van der Waals surface area contributed by atoms with Crippen LogP contribution >= 0.6 is 0 Å². The molecule has 0 bridgehead atoms. The summed E-state index contributed by atoms with van der Waals surface area (Å²) in [4.78, 5) is 25.9. The Bertz CT molecular complexity index is 874. The van der Waals surface area contributed by atoms with E-state index in [4.69, 9.17) is 0 Å². The lowest BCUT2D eigenvalue weighted by Gasteiger charge is -2.33. The number of hydrogen-bond donors (Lipinski definition) is 2. The normalized spacial score (nSPS) is 20.0. The van der Waals surface area contributed by atoms with E-state index in [1.54, 1.807) is 0 Å². The van der Waals surface area contributed by atoms with Crippen LogP contribution in [0.15, 0.2) is 36.7 Å². The maximum atomic E-state index is 12.3. The molecule has 1 atom stereocenters. The molecular formula is C25H36N6O. The summed E-state index contributed by atoms with van der Waals surface area (Å²) in [5.74, 6) is 2.65. The minimum Gasteiger partial charge on any atom is -0.353 e. The first-order valence-electron chi connectivity index (χ1n) is 11.9. The molecule has 1 amide bonds. The fourth-order valence-electron chi connectivity index (χ4n) is 4.67. The van der Waals surface area contributed by atoms with E-state index in [0.717, 1.165) is 67.3 Å². The van der Waals surface area contributed by atoms with Crippen molar-refractivity contribution in [1.82, 2.24) is 20.2 Å². The standard InChI is InChI=1S/C25H36N6O/c1-18(2)20-9-12-31(13-10-20)25-27-15-23(16-28-25)29-22-6-4-19(5-7-22)14-26-24(32)21-8-11-30(3)17-21/h4-7,15-16,18,20-21,29H,8-14,17H2,1-3H3,(H,26,32). The van der Waals surface area contributed by atoms with Crippen LogP contribution in [0.5, 0.6) is 0 Å². The molecule has 32 heavy (non-hydrogen) atoms. The minimum absolute atomic E-state index is 0.116. The molecule has 7 heteroatoms.